The number of hydrogen-bond donors (Lipinski definition) is 0. The Kier molecular flexibility index (Phi) is 51.7. The number of carbonyl (C=O) groups excluding carboxylic acids is 3. The van der Waals surface area contributed by atoms with E-state index in [2.05, 4.69) is 45.1 Å². The molecule has 0 bridgehead atoms. The van der Waals surface area contributed by atoms with Gasteiger partial charge in [0.1, 0.15) is 13.2 Å². The van der Waals surface area contributed by atoms with E-state index >= 15 is 0 Å². The third-order valence-corrected chi connectivity index (χ3v) is 12.7. The maximum absolute atomic E-state index is 12.8. The Balaban J connectivity index is 4.30. The predicted molar refractivity (Wildman–Crippen MR) is 275 cm³/mol. The van der Waals surface area contributed by atoms with Crippen molar-refractivity contribution in [1.29, 1.82) is 0 Å². The molecule has 0 aromatic heterocycles. The average Bonchev–Trinajstić information content (AvgIpc) is 3.29. The highest BCUT2D eigenvalue weighted by atomic mass is 16.6. The Morgan fingerprint density at radius 3 is 0.906 bits per heavy atom. The SMILES string of the molecule is CCCC/C=C\C/C=C\CCCCCCCC(=O)OC(COC(=O)CCCCCCCCCCCCCCC)COC(=O)CCCCCCCCCCCCCCCCCCCCC. The molecule has 6 heteroatoms. The Labute approximate surface area is 398 Å². The Hall–Kier alpha value is -2.11. The van der Waals surface area contributed by atoms with Crippen molar-refractivity contribution in [3.8, 4) is 0 Å². The van der Waals surface area contributed by atoms with Crippen LogP contribution in [0.3, 0.4) is 0 Å². The van der Waals surface area contributed by atoms with Crippen LogP contribution in [0.25, 0.3) is 0 Å². The van der Waals surface area contributed by atoms with Gasteiger partial charge in [-0.2, -0.15) is 0 Å². The molecule has 0 aliphatic heterocycles. The predicted octanol–water partition coefficient (Wildman–Crippen LogP) is 18.7. The summed E-state index contributed by atoms with van der Waals surface area (Å²) in [7, 11) is 0. The van der Waals surface area contributed by atoms with E-state index < -0.39 is 6.10 Å². The van der Waals surface area contributed by atoms with E-state index in [9.17, 15) is 14.4 Å². The number of allylic oxidation sites excluding steroid dienone is 4. The highest BCUT2D eigenvalue weighted by Gasteiger charge is 2.19. The fourth-order valence-corrected chi connectivity index (χ4v) is 8.40. The third kappa shape index (κ3) is 50.9. The van der Waals surface area contributed by atoms with Gasteiger partial charge in [0.05, 0.1) is 0 Å². The summed E-state index contributed by atoms with van der Waals surface area (Å²) in [5.41, 5.74) is 0. The summed E-state index contributed by atoms with van der Waals surface area (Å²) in [5, 5.41) is 0. The first-order chi connectivity index (χ1) is 31.5. The number of esters is 3. The molecule has 64 heavy (non-hydrogen) atoms. The molecule has 0 spiro atoms. The van der Waals surface area contributed by atoms with Crippen molar-refractivity contribution in [1.82, 2.24) is 0 Å². The molecule has 1 unspecified atom stereocenters. The van der Waals surface area contributed by atoms with Crippen molar-refractivity contribution in [3.63, 3.8) is 0 Å². The van der Waals surface area contributed by atoms with E-state index in [0.717, 1.165) is 83.5 Å². The molecule has 0 aliphatic rings. The highest BCUT2D eigenvalue weighted by Crippen LogP contribution is 2.17. The molecule has 0 aromatic rings. The van der Waals surface area contributed by atoms with Gasteiger partial charge in [-0.1, -0.05) is 270 Å². The standard InChI is InChI=1S/C58H108O6/c1-4-7-10-13-16-19-22-25-27-28-29-30-31-34-36-39-42-45-48-51-57(60)63-54-55(53-62-56(59)50-47-44-41-38-35-32-24-21-18-15-12-9-6-3)64-58(61)52-49-46-43-40-37-33-26-23-20-17-14-11-8-5-2/h14,17,23,26,55H,4-13,15-16,18-22,24-25,27-54H2,1-3H3/b17-14-,26-23-. The van der Waals surface area contributed by atoms with Gasteiger partial charge in [0.25, 0.3) is 0 Å². The molecule has 0 saturated carbocycles. The van der Waals surface area contributed by atoms with Gasteiger partial charge >= 0.3 is 17.9 Å². The molecule has 1 atom stereocenters. The van der Waals surface area contributed by atoms with Gasteiger partial charge in [0.2, 0.25) is 0 Å². The van der Waals surface area contributed by atoms with Crippen LogP contribution in [0.15, 0.2) is 24.3 Å². The van der Waals surface area contributed by atoms with Gasteiger partial charge in [0, 0.05) is 19.3 Å². The number of ether oxygens (including phenoxy) is 3. The maximum Gasteiger partial charge on any atom is 0.306 e. The molecular formula is C58H108O6. The second-order valence-corrected chi connectivity index (χ2v) is 19.2. The molecule has 0 aromatic carbocycles. The molecule has 0 saturated heterocycles. The normalized spacial score (nSPS) is 12.1. The van der Waals surface area contributed by atoms with Crippen molar-refractivity contribution in [2.45, 2.75) is 316 Å². The lowest BCUT2D eigenvalue weighted by atomic mass is 10.0. The quantitative estimate of drug-likeness (QED) is 0.0262. The van der Waals surface area contributed by atoms with Crippen LogP contribution in [0, 0.1) is 0 Å². The summed E-state index contributed by atoms with van der Waals surface area (Å²) in [6.45, 7) is 6.63. The smallest absolute Gasteiger partial charge is 0.306 e. The first-order valence-electron chi connectivity index (χ1n) is 28.3. The molecule has 0 aliphatic carbocycles. The summed E-state index contributed by atoms with van der Waals surface area (Å²) >= 11 is 0. The van der Waals surface area contributed by atoms with Crippen molar-refractivity contribution in [2.75, 3.05) is 13.2 Å². The Bertz CT molecular complexity index is 1040. The lowest BCUT2D eigenvalue weighted by molar-refractivity contribution is -0.167. The molecule has 0 rings (SSSR count). The first kappa shape index (κ1) is 61.9. The van der Waals surface area contributed by atoms with Crippen LogP contribution < -0.4 is 0 Å². The van der Waals surface area contributed by atoms with Gasteiger partial charge in [-0.25, -0.2) is 0 Å². The van der Waals surface area contributed by atoms with Crippen LogP contribution in [0.5, 0.6) is 0 Å². The van der Waals surface area contributed by atoms with Crippen LogP contribution in [-0.4, -0.2) is 37.2 Å². The molecule has 0 fully saturated rings. The zero-order valence-corrected chi connectivity index (χ0v) is 43.1. The minimum absolute atomic E-state index is 0.0717. The summed E-state index contributed by atoms with van der Waals surface area (Å²) in [4.78, 5) is 38.1. The van der Waals surface area contributed by atoms with Crippen molar-refractivity contribution >= 4 is 17.9 Å². The van der Waals surface area contributed by atoms with Gasteiger partial charge in [-0.15, -0.1) is 0 Å². The lowest BCUT2D eigenvalue weighted by Crippen LogP contribution is -2.30. The Morgan fingerprint density at radius 1 is 0.312 bits per heavy atom. The molecule has 6 nitrogen and oxygen atoms in total. The molecule has 0 N–H and O–H groups in total. The van der Waals surface area contributed by atoms with Crippen molar-refractivity contribution in [3.05, 3.63) is 24.3 Å². The monoisotopic (exact) mass is 901 g/mol. The average molecular weight is 901 g/mol. The molecule has 0 radical (unpaired) electrons. The zero-order chi connectivity index (χ0) is 46.5. The number of hydrogen-bond acceptors (Lipinski definition) is 6. The van der Waals surface area contributed by atoms with Crippen molar-refractivity contribution < 1.29 is 28.6 Å². The zero-order valence-electron chi connectivity index (χ0n) is 43.1. The topological polar surface area (TPSA) is 78.9 Å². The highest BCUT2D eigenvalue weighted by molar-refractivity contribution is 5.71. The van der Waals surface area contributed by atoms with Crippen molar-refractivity contribution in [2.24, 2.45) is 0 Å². The van der Waals surface area contributed by atoms with Gasteiger partial charge in [-0.05, 0) is 44.9 Å². The van der Waals surface area contributed by atoms with Crippen LogP contribution in [0.4, 0.5) is 0 Å². The van der Waals surface area contributed by atoms with E-state index in [1.807, 2.05) is 0 Å². The maximum atomic E-state index is 12.8. The van der Waals surface area contributed by atoms with Gasteiger partial charge in [0.15, 0.2) is 6.10 Å². The third-order valence-electron chi connectivity index (χ3n) is 12.7. The van der Waals surface area contributed by atoms with Crippen LogP contribution >= 0.6 is 0 Å². The van der Waals surface area contributed by atoms with Crippen LogP contribution in [-0.2, 0) is 28.6 Å². The molecular weight excluding hydrogens is 793 g/mol. The lowest BCUT2D eigenvalue weighted by Gasteiger charge is -2.18. The van der Waals surface area contributed by atoms with E-state index in [-0.39, 0.29) is 31.1 Å². The van der Waals surface area contributed by atoms with Gasteiger partial charge in [-0.3, -0.25) is 14.4 Å². The second-order valence-electron chi connectivity index (χ2n) is 19.2. The minimum atomic E-state index is -0.773. The number of unbranched alkanes of at least 4 members (excludes halogenated alkanes) is 37. The molecule has 376 valence electrons. The number of carbonyl (C=O) groups is 3. The van der Waals surface area contributed by atoms with E-state index in [1.165, 1.54) is 186 Å². The first-order valence-corrected chi connectivity index (χ1v) is 28.3. The number of rotatable bonds is 52. The fourth-order valence-electron chi connectivity index (χ4n) is 8.40. The molecule has 0 heterocycles. The van der Waals surface area contributed by atoms with Gasteiger partial charge < -0.3 is 14.2 Å². The Morgan fingerprint density at radius 2 is 0.578 bits per heavy atom. The summed E-state index contributed by atoms with van der Waals surface area (Å²) < 4.78 is 16.8. The van der Waals surface area contributed by atoms with E-state index in [0.29, 0.717) is 19.3 Å². The summed E-state index contributed by atoms with van der Waals surface area (Å²) in [6, 6.07) is 0. The minimum Gasteiger partial charge on any atom is -0.462 e. The van der Waals surface area contributed by atoms with E-state index in [4.69, 9.17) is 14.2 Å². The summed E-state index contributed by atoms with van der Waals surface area (Å²) in [6.07, 6.45) is 61.6. The largest absolute Gasteiger partial charge is 0.462 e. The van der Waals surface area contributed by atoms with Crippen LogP contribution in [0.2, 0.25) is 0 Å². The fraction of sp³-hybridized carbons (Fsp3) is 0.879. The second kappa shape index (κ2) is 53.5. The van der Waals surface area contributed by atoms with E-state index in [1.54, 1.807) is 0 Å². The van der Waals surface area contributed by atoms with Crippen LogP contribution in [0.1, 0.15) is 310 Å². The summed E-state index contributed by atoms with van der Waals surface area (Å²) in [5.74, 6) is -0.866. The molecule has 0 amide bonds.